The number of halogens is 1. The van der Waals surface area contributed by atoms with Gasteiger partial charge < -0.3 is 9.47 Å². The molecule has 3 rings (SSSR count). The van der Waals surface area contributed by atoms with Crippen LogP contribution in [0.4, 0.5) is 5.69 Å². The number of nitrogens with zero attached hydrogens (tertiary/aromatic N) is 2. The van der Waals surface area contributed by atoms with Gasteiger partial charge >= 0.3 is 0 Å². The Morgan fingerprint density at radius 3 is 2.36 bits per heavy atom. The maximum Gasteiger partial charge on any atom is 0.264 e. The van der Waals surface area contributed by atoms with Crippen molar-refractivity contribution < 1.29 is 22.7 Å². The van der Waals surface area contributed by atoms with Gasteiger partial charge in [-0.1, -0.05) is 46.3 Å². The molecule has 0 saturated heterocycles. The van der Waals surface area contributed by atoms with Crippen molar-refractivity contribution in [3.8, 4) is 11.5 Å². The smallest absolute Gasteiger partial charge is 0.264 e. The van der Waals surface area contributed by atoms with Crippen LogP contribution in [-0.2, 0) is 14.8 Å². The molecule has 10 heteroatoms. The third-order valence-electron chi connectivity index (χ3n) is 4.55. The maximum atomic E-state index is 13.4. The molecule has 8 nitrogen and oxygen atoms in total. The second kappa shape index (κ2) is 11.0. The summed E-state index contributed by atoms with van der Waals surface area (Å²) in [7, 11) is -1.19. The minimum Gasteiger partial charge on any atom is -0.497 e. The molecule has 0 bridgehead atoms. The van der Waals surface area contributed by atoms with Gasteiger partial charge in [-0.3, -0.25) is 9.10 Å². The fraction of sp³-hybridized carbons (Fsp3) is 0.130. The van der Waals surface area contributed by atoms with Gasteiger partial charge in [0.05, 0.1) is 31.0 Å². The number of amides is 1. The molecule has 1 N–H and O–H groups in total. The Morgan fingerprint density at radius 2 is 1.73 bits per heavy atom. The number of methoxy groups -OCH3 is 2. The zero-order chi connectivity index (χ0) is 23.8. The van der Waals surface area contributed by atoms with E-state index >= 15 is 0 Å². The number of benzene rings is 3. The quantitative estimate of drug-likeness (QED) is 0.334. The second-order valence-corrected chi connectivity index (χ2v) is 9.49. The molecule has 0 aromatic heterocycles. The van der Waals surface area contributed by atoms with E-state index in [-0.39, 0.29) is 16.3 Å². The van der Waals surface area contributed by atoms with E-state index in [1.54, 1.807) is 30.3 Å². The van der Waals surface area contributed by atoms with Gasteiger partial charge in [0.2, 0.25) is 0 Å². The Morgan fingerprint density at radius 1 is 1.03 bits per heavy atom. The van der Waals surface area contributed by atoms with Crippen LogP contribution in [0.2, 0.25) is 0 Å². The fourth-order valence-corrected chi connectivity index (χ4v) is 4.62. The Kier molecular flexibility index (Phi) is 8.07. The zero-order valence-electron chi connectivity index (χ0n) is 17.9. The van der Waals surface area contributed by atoms with Gasteiger partial charge in [-0.15, -0.1) is 0 Å². The number of anilines is 1. The van der Waals surface area contributed by atoms with Crippen LogP contribution < -0.4 is 19.2 Å². The van der Waals surface area contributed by atoms with E-state index in [4.69, 9.17) is 9.47 Å². The van der Waals surface area contributed by atoms with Gasteiger partial charge in [0.15, 0.2) is 0 Å². The lowest BCUT2D eigenvalue weighted by Gasteiger charge is -2.25. The van der Waals surface area contributed by atoms with Gasteiger partial charge in [-0.05, 0) is 42.0 Å². The van der Waals surface area contributed by atoms with Crippen molar-refractivity contribution in [1.29, 1.82) is 0 Å². The summed E-state index contributed by atoms with van der Waals surface area (Å²) in [5.74, 6) is 0.0944. The first kappa shape index (κ1) is 24.3. The molecule has 3 aromatic rings. The third-order valence-corrected chi connectivity index (χ3v) is 6.85. The number of hydrogen-bond donors (Lipinski definition) is 1. The lowest BCUT2D eigenvalue weighted by atomic mass is 10.2. The molecule has 0 unspecified atom stereocenters. The molecule has 172 valence electrons. The Hall–Kier alpha value is -3.37. The minimum absolute atomic E-state index is 0.0361. The molecule has 0 saturated carbocycles. The Balaban J connectivity index is 1.91. The van der Waals surface area contributed by atoms with E-state index in [0.717, 1.165) is 14.3 Å². The van der Waals surface area contributed by atoms with E-state index in [9.17, 15) is 13.2 Å². The van der Waals surface area contributed by atoms with Crippen LogP contribution in [0.5, 0.6) is 11.5 Å². The van der Waals surface area contributed by atoms with Gasteiger partial charge in [0.1, 0.15) is 18.0 Å². The molecule has 0 fully saturated rings. The Labute approximate surface area is 201 Å². The van der Waals surface area contributed by atoms with E-state index in [2.05, 4.69) is 26.5 Å². The number of sulfonamides is 1. The van der Waals surface area contributed by atoms with Crippen LogP contribution >= 0.6 is 15.9 Å². The van der Waals surface area contributed by atoms with Gasteiger partial charge in [-0.2, -0.15) is 5.10 Å². The van der Waals surface area contributed by atoms with Crippen molar-refractivity contribution in [2.75, 3.05) is 25.1 Å². The van der Waals surface area contributed by atoms with E-state index < -0.39 is 22.5 Å². The highest BCUT2D eigenvalue weighted by molar-refractivity contribution is 9.10. The summed E-state index contributed by atoms with van der Waals surface area (Å²) in [5, 5.41) is 3.93. The summed E-state index contributed by atoms with van der Waals surface area (Å²) in [4.78, 5) is 12.7. The van der Waals surface area contributed by atoms with Crippen LogP contribution in [0.1, 0.15) is 5.56 Å². The molecule has 0 aliphatic rings. The van der Waals surface area contributed by atoms with E-state index in [1.807, 2.05) is 24.3 Å². The van der Waals surface area contributed by atoms with Crippen molar-refractivity contribution in [2.24, 2.45) is 5.10 Å². The lowest BCUT2D eigenvalue weighted by Crippen LogP contribution is -2.39. The number of ether oxygens (including phenoxy) is 2. The highest BCUT2D eigenvalue weighted by Gasteiger charge is 2.29. The maximum absolute atomic E-state index is 13.4. The predicted octanol–water partition coefficient (Wildman–Crippen LogP) is 3.81. The monoisotopic (exact) mass is 531 g/mol. The van der Waals surface area contributed by atoms with Crippen molar-refractivity contribution >= 4 is 43.8 Å². The molecule has 33 heavy (non-hydrogen) atoms. The normalized spacial score (nSPS) is 11.2. The average molecular weight is 532 g/mol. The van der Waals surface area contributed by atoms with Gasteiger partial charge in [-0.25, -0.2) is 13.8 Å². The van der Waals surface area contributed by atoms with Gasteiger partial charge in [0, 0.05) is 10.5 Å². The third kappa shape index (κ3) is 6.11. The first-order valence-electron chi connectivity index (χ1n) is 9.72. The molecule has 0 atom stereocenters. The Bertz CT molecular complexity index is 1230. The van der Waals surface area contributed by atoms with Crippen LogP contribution in [-0.4, -0.2) is 41.3 Å². The molecule has 0 radical (unpaired) electrons. The SMILES string of the molecule is COc1ccc(N(CC(=O)N/N=C\c2ccc(Br)cc2)S(=O)(=O)c2ccccc2)c(OC)c1. The number of hydrazone groups is 1. The summed E-state index contributed by atoms with van der Waals surface area (Å²) in [6.07, 6.45) is 1.47. The fourth-order valence-electron chi connectivity index (χ4n) is 2.90. The van der Waals surface area contributed by atoms with Gasteiger partial charge in [0.25, 0.3) is 15.9 Å². The van der Waals surface area contributed by atoms with E-state index in [1.165, 1.54) is 38.6 Å². The number of nitrogens with one attached hydrogen (secondary N) is 1. The molecule has 1 amide bonds. The molecule has 0 aliphatic carbocycles. The zero-order valence-corrected chi connectivity index (χ0v) is 20.3. The summed E-state index contributed by atoms with van der Waals surface area (Å²) in [5.41, 5.74) is 3.33. The number of carbonyl (C=O) groups excluding carboxylic acids is 1. The molecule has 3 aromatic carbocycles. The van der Waals surface area contributed by atoms with Crippen LogP contribution in [0.15, 0.2) is 87.3 Å². The topological polar surface area (TPSA) is 97.3 Å². The first-order chi connectivity index (χ1) is 15.8. The predicted molar refractivity (Wildman–Crippen MR) is 130 cm³/mol. The lowest BCUT2D eigenvalue weighted by molar-refractivity contribution is -0.119. The largest absolute Gasteiger partial charge is 0.497 e. The summed E-state index contributed by atoms with van der Waals surface area (Å²) < 4.78 is 39.3. The van der Waals surface area contributed by atoms with Crippen molar-refractivity contribution in [3.05, 3.63) is 82.8 Å². The van der Waals surface area contributed by atoms with Crippen LogP contribution in [0, 0.1) is 0 Å². The number of carbonyl (C=O) groups is 1. The van der Waals surface area contributed by atoms with Crippen molar-refractivity contribution in [1.82, 2.24) is 5.43 Å². The number of rotatable bonds is 9. The molecule has 0 heterocycles. The van der Waals surface area contributed by atoms with E-state index in [0.29, 0.717) is 5.75 Å². The van der Waals surface area contributed by atoms with Crippen molar-refractivity contribution in [2.45, 2.75) is 4.90 Å². The first-order valence-corrected chi connectivity index (χ1v) is 12.0. The van der Waals surface area contributed by atoms with Crippen LogP contribution in [0.3, 0.4) is 0 Å². The second-order valence-electron chi connectivity index (χ2n) is 6.71. The highest BCUT2D eigenvalue weighted by atomic mass is 79.9. The molecule has 0 aliphatic heterocycles. The summed E-state index contributed by atoms with van der Waals surface area (Å²) >= 11 is 3.35. The summed E-state index contributed by atoms with van der Waals surface area (Å²) in [6, 6.07) is 19.8. The number of hydrogen-bond acceptors (Lipinski definition) is 6. The summed E-state index contributed by atoms with van der Waals surface area (Å²) in [6.45, 7) is -0.516. The molecular formula is C23H22BrN3O5S. The standard InChI is InChI=1S/C23H22BrN3O5S/c1-31-19-12-13-21(22(14-19)32-2)27(33(29,30)20-6-4-3-5-7-20)16-23(28)26-25-15-17-8-10-18(24)11-9-17/h3-15H,16H2,1-2H3,(H,26,28)/b25-15-. The molecule has 0 spiro atoms. The minimum atomic E-state index is -4.09. The van der Waals surface area contributed by atoms with Crippen LogP contribution in [0.25, 0.3) is 0 Å². The molecular weight excluding hydrogens is 510 g/mol. The van der Waals surface area contributed by atoms with Crippen molar-refractivity contribution in [3.63, 3.8) is 0 Å². The highest BCUT2D eigenvalue weighted by Crippen LogP contribution is 2.35. The average Bonchev–Trinajstić information content (AvgIpc) is 2.84.